The lowest BCUT2D eigenvalue weighted by Gasteiger charge is -2.11. The van der Waals surface area contributed by atoms with E-state index in [2.05, 4.69) is 5.32 Å². The molecule has 18 heavy (non-hydrogen) atoms. The summed E-state index contributed by atoms with van der Waals surface area (Å²) < 4.78 is 35.8. The van der Waals surface area contributed by atoms with Crippen LogP contribution in [0, 0.1) is 0 Å². The van der Waals surface area contributed by atoms with Crippen LogP contribution in [0.25, 0.3) is 0 Å². The predicted octanol–water partition coefficient (Wildman–Crippen LogP) is 2.12. The molecule has 1 aromatic carbocycles. The zero-order chi connectivity index (χ0) is 13.8. The second kappa shape index (κ2) is 5.61. The second-order valence-electron chi connectivity index (χ2n) is 3.81. The highest BCUT2D eigenvalue weighted by Gasteiger charge is 2.25. The number of nitrogens with one attached hydrogen (secondary N) is 1. The summed E-state index contributed by atoms with van der Waals surface area (Å²) >= 11 is 0. The molecule has 0 radical (unpaired) electrons. The van der Waals surface area contributed by atoms with Gasteiger partial charge < -0.3 is 16.8 Å². The number of carbonyl (C=O) groups is 1. The summed E-state index contributed by atoms with van der Waals surface area (Å²) in [6.45, 7) is 0.0866. The fourth-order valence-corrected chi connectivity index (χ4v) is 1.43. The third kappa shape index (κ3) is 4.52. The largest absolute Gasteiger partial charge is 0.399 e. The average Bonchev–Trinajstić information content (AvgIpc) is 2.22. The summed E-state index contributed by atoms with van der Waals surface area (Å²) in [7, 11) is 0. The maximum atomic E-state index is 11.9. The maximum Gasteiger partial charge on any atom is 0.389 e. The Hall–Kier alpha value is -1.92. The molecule has 5 N–H and O–H groups in total. The summed E-state index contributed by atoms with van der Waals surface area (Å²) in [5.41, 5.74) is 11.6. The molecule has 1 amide bonds. The van der Waals surface area contributed by atoms with Crippen LogP contribution in [0.1, 0.15) is 23.2 Å². The van der Waals surface area contributed by atoms with Crippen molar-refractivity contribution in [3.63, 3.8) is 0 Å². The SMILES string of the molecule is NC(=O)c1ccc(N)cc1NCCCC(F)(F)F. The third-order valence-electron chi connectivity index (χ3n) is 2.26. The van der Waals surface area contributed by atoms with E-state index in [1.54, 1.807) is 0 Å². The third-order valence-corrected chi connectivity index (χ3v) is 2.26. The van der Waals surface area contributed by atoms with Gasteiger partial charge in [0.05, 0.1) is 5.56 Å². The minimum absolute atomic E-state index is 0.0866. The van der Waals surface area contributed by atoms with Gasteiger partial charge in [-0.1, -0.05) is 0 Å². The van der Waals surface area contributed by atoms with E-state index in [1.165, 1.54) is 18.2 Å². The van der Waals surface area contributed by atoms with Crippen molar-refractivity contribution in [2.45, 2.75) is 19.0 Å². The molecule has 0 spiro atoms. The van der Waals surface area contributed by atoms with Crippen LogP contribution >= 0.6 is 0 Å². The predicted molar refractivity (Wildman–Crippen MR) is 63.2 cm³/mol. The maximum absolute atomic E-state index is 11.9. The van der Waals surface area contributed by atoms with Crippen molar-refractivity contribution in [2.75, 3.05) is 17.6 Å². The van der Waals surface area contributed by atoms with E-state index in [0.717, 1.165) is 0 Å². The topological polar surface area (TPSA) is 81.1 Å². The lowest BCUT2D eigenvalue weighted by atomic mass is 10.1. The molecule has 0 aliphatic heterocycles. The lowest BCUT2D eigenvalue weighted by Crippen LogP contribution is -2.16. The van der Waals surface area contributed by atoms with E-state index in [1.807, 2.05) is 0 Å². The lowest BCUT2D eigenvalue weighted by molar-refractivity contribution is -0.134. The van der Waals surface area contributed by atoms with Crippen molar-refractivity contribution in [2.24, 2.45) is 5.73 Å². The van der Waals surface area contributed by atoms with E-state index >= 15 is 0 Å². The van der Waals surface area contributed by atoms with Crippen LogP contribution in [0.3, 0.4) is 0 Å². The summed E-state index contributed by atoms with van der Waals surface area (Å²) in [5.74, 6) is -0.659. The molecule has 0 saturated carbocycles. The molecule has 0 atom stereocenters. The number of alkyl halides is 3. The van der Waals surface area contributed by atoms with Crippen molar-refractivity contribution in [1.82, 2.24) is 0 Å². The molecule has 0 fully saturated rings. The molecule has 0 heterocycles. The molecule has 0 aliphatic rings. The minimum atomic E-state index is -4.18. The Labute approximate surface area is 102 Å². The fraction of sp³-hybridized carbons (Fsp3) is 0.364. The van der Waals surface area contributed by atoms with Crippen LogP contribution in [-0.2, 0) is 0 Å². The summed E-state index contributed by atoms with van der Waals surface area (Å²) in [6, 6.07) is 4.40. The zero-order valence-electron chi connectivity index (χ0n) is 9.55. The van der Waals surface area contributed by atoms with E-state index in [0.29, 0.717) is 11.4 Å². The van der Waals surface area contributed by atoms with Crippen molar-refractivity contribution < 1.29 is 18.0 Å². The van der Waals surface area contributed by atoms with Crippen LogP contribution in [0.15, 0.2) is 18.2 Å². The Kier molecular flexibility index (Phi) is 4.41. The molecular formula is C11H14F3N3O. The monoisotopic (exact) mass is 261 g/mol. The van der Waals surface area contributed by atoms with Crippen LogP contribution in [0.2, 0.25) is 0 Å². The van der Waals surface area contributed by atoms with Crippen LogP contribution < -0.4 is 16.8 Å². The first kappa shape index (κ1) is 14.1. The first-order chi connectivity index (χ1) is 8.29. The average molecular weight is 261 g/mol. The van der Waals surface area contributed by atoms with Gasteiger partial charge in [-0.15, -0.1) is 0 Å². The van der Waals surface area contributed by atoms with Gasteiger partial charge in [-0.25, -0.2) is 0 Å². The standard InChI is InChI=1S/C11H14F3N3O/c12-11(13,14)4-1-5-17-9-6-7(15)2-3-8(9)10(16)18/h2-3,6,17H,1,4-5,15H2,(H2,16,18). The number of nitrogen functional groups attached to an aromatic ring is 1. The van der Waals surface area contributed by atoms with Gasteiger partial charge >= 0.3 is 6.18 Å². The van der Waals surface area contributed by atoms with Gasteiger partial charge in [0.15, 0.2) is 0 Å². The molecule has 0 saturated heterocycles. The van der Waals surface area contributed by atoms with Crippen molar-refractivity contribution in [3.05, 3.63) is 23.8 Å². The Balaban J connectivity index is 2.61. The number of benzene rings is 1. The summed E-state index contributed by atoms with van der Waals surface area (Å²) in [6.07, 6.45) is -5.14. The second-order valence-corrected chi connectivity index (χ2v) is 3.81. The smallest absolute Gasteiger partial charge is 0.389 e. The molecular weight excluding hydrogens is 247 g/mol. The number of hydrogen-bond acceptors (Lipinski definition) is 3. The molecule has 1 rings (SSSR count). The first-order valence-corrected chi connectivity index (χ1v) is 5.29. The number of hydrogen-bond donors (Lipinski definition) is 3. The van der Waals surface area contributed by atoms with Gasteiger partial charge in [-0.2, -0.15) is 13.2 Å². The number of anilines is 2. The molecule has 4 nitrogen and oxygen atoms in total. The van der Waals surface area contributed by atoms with Gasteiger partial charge in [0, 0.05) is 24.3 Å². The molecule has 0 unspecified atom stereocenters. The van der Waals surface area contributed by atoms with Gasteiger partial charge in [0.1, 0.15) is 0 Å². The zero-order valence-corrected chi connectivity index (χ0v) is 9.55. The van der Waals surface area contributed by atoms with E-state index in [-0.39, 0.29) is 18.5 Å². The summed E-state index contributed by atoms with van der Waals surface area (Å²) in [5, 5.41) is 2.73. The number of primary amides is 1. The normalized spacial score (nSPS) is 11.3. The van der Waals surface area contributed by atoms with Crippen LogP contribution in [-0.4, -0.2) is 18.6 Å². The molecule has 7 heteroatoms. The van der Waals surface area contributed by atoms with Crippen molar-refractivity contribution >= 4 is 17.3 Å². The number of rotatable bonds is 5. The fourth-order valence-electron chi connectivity index (χ4n) is 1.43. The highest BCUT2D eigenvalue weighted by molar-refractivity contribution is 5.99. The van der Waals surface area contributed by atoms with Crippen LogP contribution in [0.5, 0.6) is 0 Å². The Bertz CT molecular complexity index is 432. The summed E-state index contributed by atoms with van der Waals surface area (Å²) in [4.78, 5) is 11.1. The van der Waals surface area contributed by atoms with Crippen LogP contribution in [0.4, 0.5) is 24.5 Å². The molecule has 0 aromatic heterocycles. The quantitative estimate of drug-likeness (QED) is 0.561. The Morgan fingerprint density at radius 1 is 1.33 bits per heavy atom. The Morgan fingerprint density at radius 3 is 2.56 bits per heavy atom. The van der Waals surface area contributed by atoms with E-state index in [4.69, 9.17) is 11.5 Å². The number of nitrogens with two attached hydrogens (primary N) is 2. The molecule has 100 valence electrons. The van der Waals surface area contributed by atoms with Gasteiger partial charge in [-0.05, 0) is 24.6 Å². The van der Waals surface area contributed by atoms with E-state index < -0.39 is 18.5 Å². The van der Waals surface area contributed by atoms with Gasteiger partial charge in [0.2, 0.25) is 0 Å². The molecule has 0 bridgehead atoms. The molecule has 0 aliphatic carbocycles. The number of halogens is 3. The van der Waals surface area contributed by atoms with Crippen molar-refractivity contribution in [3.8, 4) is 0 Å². The highest BCUT2D eigenvalue weighted by atomic mass is 19.4. The highest BCUT2D eigenvalue weighted by Crippen LogP contribution is 2.22. The Morgan fingerprint density at radius 2 is 2.00 bits per heavy atom. The van der Waals surface area contributed by atoms with Crippen molar-refractivity contribution in [1.29, 1.82) is 0 Å². The van der Waals surface area contributed by atoms with Gasteiger partial charge in [0.25, 0.3) is 5.91 Å². The number of carbonyl (C=O) groups excluding carboxylic acids is 1. The minimum Gasteiger partial charge on any atom is -0.399 e. The number of amides is 1. The first-order valence-electron chi connectivity index (χ1n) is 5.29. The van der Waals surface area contributed by atoms with Gasteiger partial charge in [-0.3, -0.25) is 4.79 Å². The molecule has 1 aromatic rings. The van der Waals surface area contributed by atoms with E-state index in [9.17, 15) is 18.0 Å².